The van der Waals surface area contributed by atoms with Crippen LogP contribution in [-0.4, -0.2) is 24.8 Å². The van der Waals surface area contributed by atoms with Gasteiger partial charge in [0.15, 0.2) is 0 Å². The zero-order chi connectivity index (χ0) is 8.91. The van der Waals surface area contributed by atoms with Gasteiger partial charge in [0.25, 0.3) is 0 Å². The Bertz CT molecular complexity index is 134. The molecule has 0 heterocycles. The summed E-state index contributed by atoms with van der Waals surface area (Å²) in [5.41, 5.74) is 5.00. The normalized spacial score (nSPS) is 10.9. The molecule has 3 N–H and O–H groups in total. The molecule has 0 spiro atoms. The first-order chi connectivity index (χ1) is 5.02. The molecule has 0 radical (unpaired) electrons. The highest BCUT2D eigenvalue weighted by Crippen LogP contribution is 1.98. The maximum absolute atomic E-state index is 10.8. The summed E-state index contributed by atoms with van der Waals surface area (Å²) >= 11 is 0. The summed E-state index contributed by atoms with van der Waals surface area (Å²) in [4.78, 5) is 10.8. The van der Waals surface area contributed by atoms with Crippen LogP contribution in [0.15, 0.2) is 0 Å². The predicted octanol–water partition coefficient (Wildman–Crippen LogP) is 0.470. The van der Waals surface area contributed by atoms with Crippen LogP contribution in [0.1, 0.15) is 20.8 Å². The Morgan fingerprint density at radius 1 is 1.64 bits per heavy atom. The van der Waals surface area contributed by atoms with Gasteiger partial charge in [-0.1, -0.05) is 0 Å². The highest BCUT2D eigenvalue weighted by molar-refractivity contribution is 5.68. The number of hydrogen-bond acceptors (Lipinski definition) is 3. The Balaban J connectivity index is 3.74. The lowest BCUT2D eigenvalue weighted by Crippen LogP contribution is -2.49. The number of rotatable bonds is 3. The second kappa shape index (κ2) is 4.18. The average Bonchev–Trinajstić information content (AvgIpc) is 1.87. The van der Waals surface area contributed by atoms with Gasteiger partial charge in [0.1, 0.15) is 0 Å². The lowest BCUT2D eigenvalue weighted by atomic mass is 10.1. The fourth-order valence-electron chi connectivity index (χ4n) is 0.495. The predicted molar refractivity (Wildman–Crippen MR) is 43.3 cm³/mol. The van der Waals surface area contributed by atoms with E-state index in [4.69, 9.17) is 5.73 Å². The van der Waals surface area contributed by atoms with Crippen molar-refractivity contribution in [1.29, 1.82) is 0 Å². The summed E-state index contributed by atoms with van der Waals surface area (Å²) < 4.78 is 4.67. The van der Waals surface area contributed by atoms with Crippen LogP contribution in [0.25, 0.3) is 0 Å². The Hall–Kier alpha value is -0.770. The van der Waals surface area contributed by atoms with Crippen molar-refractivity contribution in [3.8, 4) is 0 Å². The molecule has 0 rings (SSSR count). The number of nitrogens with two attached hydrogens (primary N) is 1. The van der Waals surface area contributed by atoms with E-state index in [-0.39, 0.29) is 5.54 Å². The van der Waals surface area contributed by atoms with E-state index in [2.05, 4.69) is 10.1 Å². The van der Waals surface area contributed by atoms with E-state index in [9.17, 15) is 4.79 Å². The molecule has 66 valence electrons. The molecular formula is C7H16N2O2. The topological polar surface area (TPSA) is 64.3 Å². The third kappa shape index (κ3) is 4.61. The smallest absolute Gasteiger partial charge is 0.407 e. The van der Waals surface area contributed by atoms with E-state index in [1.807, 2.05) is 13.8 Å². The van der Waals surface area contributed by atoms with E-state index < -0.39 is 6.09 Å². The van der Waals surface area contributed by atoms with Gasteiger partial charge in [-0.15, -0.1) is 0 Å². The zero-order valence-corrected chi connectivity index (χ0v) is 7.31. The molecule has 0 aromatic heterocycles. The maximum atomic E-state index is 10.8. The number of ether oxygens (including phenoxy) is 1. The van der Waals surface area contributed by atoms with Gasteiger partial charge in [-0.2, -0.15) is 0 Å². The second-order valence-electron chi connectivity index (χ2n) is 2.93. The summed E-state index contributed by atoms with van der Waals surface area (Å²) in [7, 11) is 0. The number of nitrogens with one attached hydrogen (secondary N) is 1. The van der Waals surface area contributed by atoms with Crippen molar-refractivity contribution in [2.75, 3.05) is 13.2 Å². The number of carbonyl (C=O) groups is 1. The van der Waals surface area contributed by atoms with Gasteiger partial charge >= 0.3 is 6.09 Å². The van der Waals surface area contributed by atoms with E-state index in [1.165, 1.54) is 0 Å². The molecule has 0 aromatic rings. The quantitative estimate of drug-likeness (QED) is 0.630. The monoisotopic (exact) mass is 160 g/mol. The van der Waals surface area contributed by atoms with Crippen molar-refractivity contribution >= 4 is 6.09 Å². The number of carbonyl (C=O) groups excluding carboxylic acids is 1. The van der Waals surface area contributed by atoms with Crippen molar-refractivity contribution < 1.29 is 9.53 Å². The van der Waals surface area contributed by atoms with Crippen LogP contribution in [0, 0.1) is 0 Å². The fraction of sp³-hybridized carbons (Fsp3) is 0.857. The van der Waals surface area contributed by atoms with Crippen molar-refractivity contribution in [2.24, 2.45) is 5.73 Å². The van der Waals surface area contributed by atoms with Crippen LogP contribution in [0.2, 0.25) is 0 Å². The number of amides is 1. The first-order valence-electron chi connectivity index (χ1n) is 3.67. The van der Waals surface area contributed by atoms with Crippen molar-refractivity contribution in [1.82, 2.24) is 5.32 Å². The van der Waals surface area contributed by atoms with E-state index in [1.54, 1.807) is 6.92 Å². The van der Waals surface area contributed by atoms with Crippen LogP contribution >= 0.6 is 0 Å². The summed E-state index contributed by atoms with van der Waals surface area (Å²) in [6, 6.07) is 0. The van der Waals surface area contributed by atoms with Gasteiger partial charge in [0, 0.05) is 12.1 Å². The minimum absolute atomic E-state index is 0.381. The van der Waals surface area contributed by atoms with Crippen LogP contribution < -0.4 is 11.1 Å². The van der Waals surface area contributed by atoms with E-state index in [0.29, 0.717) is 13.2 Å². The number of alkyl carbamates (subject to hydrolysis) is 1. The highest BCUT2D eigenvalue weighted by Gasteiger charge is 2.18. The SMILES string of the molecule is CCOC(=O)NC(C)(C)CN. The molecule has 0 aliphatic carbocycles. The first-order valence-corrected chi connectivity index (χ1v) is 3.67. The molecule has 0 saturated heterocycles. The zero-order valence-electron chi connectivity index (χ0n) is 7.31. The summed E-state index contributed by atoms with van der Waals surface area (Å²) in [5.74, 6) is 0. The third-order valence-corrected chi connectivity index (χ3v) is 1.23. The molecule has 0 atom stereocenters. The van der Waals surface area contributed by atoms with Crippen LogP contribution in [0.4, 0.5) is 4.79 Å². The van der Waals surface area contributed by atoms with Gasteiger partial charge in [-0.3, -0.25) is 0 Å². The van der Waals surface area contributed by atoms with Crippen LogP contribution in [0.3, 0.4) is 0 Å². The molecule has 0 aliphatic rings. The van der Waals surface area contributed by atoms with Gasteiger partial charge < -0.3 is 15.8 Å². The highest BCUT2D eigenvalue weighted by atomic mass is 16.5. The van der Waals surface area contributed by atoms with Crippen molar-refractivity contribution in [3.05, 3.63) is 0 Å². The molecular weight excluding hydrogens is 144 g/mol. The first kappa shape index (κ1) is 10.2. The molecule has 11 heavy (non-hydrogen) atoms. The van der Waals surface area contributed by atoms with Gasteiger partial charge in [-0.25, -0.2) is 4.79 Å². The van der Waals surface area contributed by atoms with Gasteiger partial charge in [0.05, 0.1) is 6.61 Å². The van der Waals surface area contributed by atoms with Crippen molar-refractivity contribution in [3.63, 3.8) is 0 Å². The number of hydrogen-bond donors (Lipinski definition) is 2. The minimum atomic E-state index is -0.414. The molecule has 4 nitrogen and oxygen atoms in total. The molecule has 1 amide bonds. The Labute approximate surface area is 67.1 Å². The van der Waals surface area contributed by atoms with E-state index in [0.717, 1.165) is 0 Å². The molecule has 0 bridgehead atoms. The lowest BCUT2D eigenvalue weighted by Gasteiger charge is -2.23. The van der Waals surface area contributed by atoms with Crippen molar-refractivity contribution in [2.45, 2.75) is 26.3 Å². The Kier molecular flexibility index (Phi) is 3.89. The average molecular weight is 160 g/mol. The summed E-state index contributed by atoms with van der Waals surface area (Å²) in [6.07, 6.45) is -0.414. The summed E-state index contributed by atoms with van der Waals surface area (Å²) in [5, 5.41) is 2.62. The molecule has 0 aliphatic heterocycles. The maximum Gasteiger partial charge on any atom is 0.407 e. The fourth-order valence-corrected chi connectivity index (χ4v) is 0.495. The second-order valence-corrected chi connectivity index (χ2v) is 2.93. The third-order valence-electron chi connectivity index (χ3n) is 1.23. The molecule has 0 fully saturated rings. The molecule has 0 unspecified atom stereocenters. The molecule has 0 aromatic carbocycles. The Morgan fingerprint density at radius 2 is 2.18 bits per heavy atom. The Morgan fingerprint density at radius 3 is 2.55 bits per heavy atom. The van der Waals surface area contributed by atoms with E-state index >= 15 is 0 Å². The van der Waals surface area contributed by atoms with Crippen LogP contribution in [0.5, 0.6) is 0 Å². The van der Waals surface area contributed by atoms with Gasteiger partial charge in [0.2, 0.25) is 0 Å². The molecule has 4 heteroatoms. The lowest BCUT2D eigenvalue weighted by molar-refractivity contribution is 0.142. The standard InChI is InChI=1S/C7H16N2O2/c1-4-11-6(10)9-7(2,3)5-8/h4-5,8H2,1-3H3,(H,9,10). The molecule has 0 saturated carbocycles. The minimum Gasteiger partial charge on any atom is -0.450 e. The van der Waals surface area contributed by atoms with Gasteiger partial charge in [-0.05, 0) is 20.8 Å². The largest absolute Gasteiger partial charge is 0.450 e. The summed E-state index contributed by atoms with van der Waals surface area (Å²) in [6.45, 7) is 6.21. The van der Waals surface area contributed by atoms with Crippen LogP contribution in [-0.2, 0) is 4.74 Å².